The van der Waals surface area contributed by atoms with E-state index >= 15 is 0 Å². The van der Waals surface area contributed by atoms with Crippen molar-refractivity contribution in [3.8, 4) is 5.75 Å². The number of amides is 1. The lowest BCUT2D eigenvalue weighted by atomic mass is 10.2. The van der Waals surface area contributed by atoms with Crippen molar-refractivity contribution in [3.63, 3.8) is 0 Å². The second-order valence-electron chi connectivity index (χ2n) is 4.71. The van der Waals surface area contributed by atoms with E-state index in [4.69, 9.17) is 21.4 Å². The predicted octanol–water partition coefficient (Wildman–Crippen LogP) is 3.33. The Bertz CT molecular complexity index is 794. The number of nitrogens with zero attached hydrogens (tertiary/aromatic N) is 1. The van der Waals surface area contributed by atoms with Crippen LogP contribution in [-0.4, -0.2) is 28.1 Å². The second kappa shape index (κ2) is 6.39. The van der Waals surface area contributed by atoms with E-state index in [-0.39, 0.29) is 5.91 Å². The van der Waals surface area contributed by atoms with Crippen molar-refractivity contribution in [2.45, 2.75) is 0 Å². The van der Waals surface area contributed by atoms with Crippen LogP contribution >= 0.6 is 24.0 Å². The van der Waals surface area contributed by atoms with Crippen LogP contribution in [0, 0.1) is 0 Å². The van der Waals surface area contributed by atoms with Crippen molar-refractivity contribution in [1.82, 2.24) is 4.90 Å². The highest BCUT2D eigenvalue weighted by Crippen LogP contribution is 2.31. The third-order valence-corrected chi connectivity index (χ3v) is 4.62. The number of thioether (sulfide) groups is 1. The van der Waals surface area contributed by atoms with Crippen LogP contribution < -0.4 is 4.74 Å². The summed E-state index contributed by atoms with van der Waals surface area (Å²) in [6.45, 7) is 0. The fourth-order valence-corrected chi connectivity index (χ4v) is 3.06. The monoisotopic (exact) mass is 345 g/mol. The van der Waals surface area contributed by atoms with E-state index in [0.29, 0.717) is 20.5 Å². The molecule has 1 aromatic heterocycles. The van der Waals surface area contributed by atoms with Crippen molar-refractivity contribution in [3.05, 3.63) is 58.9 Å². The first-order valence-electron chi connectivity index (χ1n) is 6.60. The molecule has 0 aliphatic carbocycles. The minimum absolute atomic E-state index is 0.115. The summed E-state index contributed by atoms with van der Waals surface area (Å²) < 4.78 is 10.6. The van der Waals surface area contributed by atoms with Gasteiger partial charge in [0.15, 0.2) is 0 Å². The molecule has 116 valence electrons. The number of hydrogen-bond acceptors (Lipinski definition) is 6. The summed E-state index contributed by atoms with van der Waals surface area (Å²) in [5.41, 5.74) is 1.17. The molecule has 0 spiro atoms. The molecule has 0 saturated carbocycles. The van der Waals surface area contributed by atoms with E-state index in [1.165, 1.54) is 35.3 Å². The van der Waals surface area contributed by atoms with Gasteiger partial charge in [-0.15, -0.1) is 0 Å². The molecule has 0 unspecified atom stereocenters. The first-order chi connectivity index (χ1) is 11.0. The number of hydrogen-bond donors (Lipinski definition) is 0. The standard InChI is InChI=1S/C16H11NO4S2/c1-17-14(18)13(23-16(17)22)8-10-2-4-12(5-3-10)21-15(19)11-6-7-20-9-11/h2-9H,1H3/b13-8+. The van der Waals surface area contributed by atoms with Crippen LogP contribution in [0.4, 0.5) is 0 Å². The second-order valence-corrected chi connectivity index (χ2v) is 6.39. The summed E-state index contributed by atoms with van der Waals surface area (Å²) in [4.78, 5) is 25.7. The van der Waals surface area contributed by atoms with Gasteiger partial charge in [0.1, 0.15) is 16.3 Å². The largest absolute Gasteiger partial charge is 0.472 e. The van der Waals surface area contributed by atoms with Gasteiger partial charge in [-0.05, 0) is 29.8 Å². The average molecular weight is 345 g/mol. The Hall–Kier alpha value is -2.38. The highest BCUT2D eigenvalue weighted by molar-refractivity contribution is 8.26. The van der Waals surface area contributed by atoms with Gasteiger partial charge in [0.2, 0.25) is 0 Å². The van der Waals surface area contributed by atoms with Crippen molar-refractivity contribution in [1.29, 1.82) is 0 Å². The Labute approximate surface area is 141 Å². The van der Waals surface area contributed by atoms with E-state index in [2.05, 4.69) is 0 Å². The zero-order valence-corrected chi connectivity index (χ0v) is 13.6. The Morgan fingerprint density at radius 3 is 2.61 bits per heavy atom. The first kappa shape index (κ1) is 15.5. The number of thiocarbonyl (C=S) groups is 1. The van der Waals surface area contributed by atoms with Crippen LogP contribution in [0.15, 0.2) is 52.2 Å². The van der Waals surface area contributed by atoms with Gasteiger partial charge in [-0.1, -0.05) is 36.1 Å². The van der Waals surface area contributed by atoms with Crippen LogP contribution in [0.25, 0.3) is 6.08 Å². The molecule has 23 heavy (non-hydrogen) atoms. The summed E-state index contributed by atoms with van der Waals surface area (Å²) >= 11 is 6.34. The molecule has 3 rings (SSSR count). The summed E-state index contributed by atoms with van der Waals surface area (Å²) in [5.74, 6) is -0.190. The van der Waals surface area contributed by atoms with Crippen LogP contribution in [-0.2, 0) is 4.79 Å². The normalized spacial score (nSPS) is 16.2. The van der Waals surface area contributed by atoms with E-state index < -0.39 is 5.97 Å². The molecule has 5 nitrogen and oxygen atoms in total. The number of ether oxygens (including phenoxy) is 1. The number of furan rings is 1. The quantitative estimate of drug-likeness (QED) is 0.368. The van der Waals surface area contributed by atoms with E-state index in [1.54, 1.807) is 37.4 Å². The van der Waals surface area contributed by atoms with Crippen LogP contribution in [0.3, 0.4) is 0 Å². The third kappa shape index (κ3) is 3.35. The van der Waals surface area contributed by atoms with Crippen molar-refractivity contribution >= 4 is 46.3 Å². The van der Waals surface area contributed by atoms with Crippen molar-refractivity contribution < 1.29 is 18.7 Å². The average Bonchev–Trinajstić information content (AvgIpc) is 3.15. The van der Waals surface area contributed by atoms with Gasteiger partial charge in [-0.25, -0.2) is 4.79 Å². The topological polar surface area (TPSA) is 59.8 Å². The maximum absolute atomic E-state index is 11.9. The molecule has 1 aromatic carbocycles. The van der Waals surface area contributed by atoms with E-state index in [1.807, 2.05) is 0 Å². The molecule has 0 bridgehead atoms. The zero-order valence-electron chi connectivity index (χ0n) is 12.0. The number of carbonyl (C=O) groups excluding carboxylic acids is 2. The van der Waals surface area contributed by atoms with Gasteiger partial charge < -0.3 is 9.15 Å². The summed E-state index contributed by atoms with van der Waals surface area (Å²) in [7, 11) is 1.65. The molecule has 0 N–H and O–H groups in total. The fraction of sp³-hybridized carbons (Fsp3) is 0.0625. The number of benzene rings is 1. The van der Waals surface area contributed by atoms with E-state index in [9.17, 15) is 9.59 Å². The number of carbonyl (C=O) groups is 2. The predicted molar refractivity (Wildman–Crippen MR) is 91.0 cm³/mol. The highest BCUT2D eigenvalue weighted by Gasteiger charge is 2.28. The molecule has 2 heterocycles. The Kier molecular flexibility index (Phi) is 4.31. The van der Waals surface area contributed by atoms with E-state index in [0.717, 1.165) is 5.56 Å². The minimum Gasteiger partial charge on any atom is -0.472 e. The lowest BCUT2D eigenvalue weighted by molar-refractivity contribution is -0.121. The third-order valence-electron chi connectivity index (χ3n) is 3.13. The molecule has 1 amide bonds. The molecule has 1 aliphatic rings. The van der Waals surface area contributed by atoms with Crippen LogP contribution in [0.2, 0.25) is 0 Å². The zero-order chi connectivity index (χ0) is 16.4. The first-order valence-corrected chi connectivity index (χ1v) is 7.83. The molecular formula is C16H11NO4S2. The number of rotatable bonds is 3. The van der Waals surface area contributed by atoms with Gasteiger partial charge in [-0.3, -0.25) is 9.69 Å². The maximum atomic E-state index is 11.9. The summed E-state index contributed by atoms with van der Waals surface area (Å²) in [5, 5.41) is 0. The maximum Gasteiger partial charge on any atom is 0.346 e. The number of likely N-dealkylation sites (N-methyl/N-ethyl adjacent to an activating group) is 1. The molecule has 0 radical (unpaired) electrons. The molecule has 1 saturated heterocycles. The Morgan fingerprint density at radius 2 is 2.04 bits per heavy atom. The summed E-state index contributed by atoms with van der Waals surface area (Å²) in [6, 6.07) is 8.39. The Morgan fingerprint density at radius 1 is 1.30 bits per heavy atom. The van der Waals surface area contributed by atoms with Crippen molar-refractivity contribution in [2.24, 2.45) is 0 Å². The molecule has 1 aliphatic heterocycles. The van der Waals surface area contributed by atoms with Crippen LogP contribution in [0.5, 0.6) is 5.75 Å². The molecule has 1 fully saturated rings. The van der Waals surface area contributed by atoms with Gasteiger partial charge in [0.25, 0.3) is 5.91 Å². The Balaban J connectivity index is 1.72. The lowest BCUT2D eigenvalue weighted by Crippen LogP contribution is -2.22. The molecule has 0 atom stereocenters. The minimum atomic E-state index is -0.488. The summed E-state index contributed by atoms with van der Waals surface area (Å²) in [6.07, 6.45) is 4.48. The lowest BCUT2D eigenvalue weighted by Gasteiger charge is -2.04. The number of esters is 1. The molecular weight excluding hydrogens is 334 g/mol. The molecule has 7 heteroatoms. The van der Waals surface area contributed by atoms with Gasteiger partial charge in [0.05, 0.1) is 16.7 Å². The fourth-order valence-electron chi connectivity index (χ4n) is 1.88. The smallest absolute Gasteiger partial charge is 0.346 e. The SMILES string of the molecule is CN1C(=O)/C(=C\c2ccc(OC(=O)c3ccoc3)cc2)SC1=S. The van der Waals surface area contributed by atoms with Gasteiger partial charge >= 0.3 is 5.97 Å². The van der Waals surface area contributed by atoms with Gasteiger partial charge in [0, 0.05) is 7.05 Å². The van der Waals surface area contributed by atoms with Gasteiger partial charge in [-0.2, -0.15) is 0 Å². The van der Waals surface area contributed by atoms with Crippen molar-refractivity contribution in [2.75, 3.05) is 7.05 Å². The van der Waals surface area contributed by atoms with Crippen LogP contribution in [0.1, 0.15) is 15.9 Å². The molecule has 2 aromatic rings. The highest BCUT2D eigenvalue weighted by atomic mass is 32.2.